The summed E-state index contributed by atoms with van der Waals surface area (Å²) in [6.07, 6.45) is 0.849. The molecule has 3 aromatic rings. The number of fused-ring (bicyclic) bond motifs is 1. The van der Waals surface area contributed by atoms with Crippen LogP contribution in [-0.2, 0) is 4.74 Å². The molecule has 0 bridgehead atoms. The van der Waals surface area contributed by atoms with E-state index in [1.165, 1.54) is 0 Å². The highest BCUT2D eigenvalue weighted by molar-refractivity contribution is 5.92. The Hall–Kier alpha value is -2.49. The van der Waals surface area contributed by atoms with Gasteiger partial charge in [-0.25, -0.2) is 9.61 Å². The molecule has 1 unspecified atom stereocenters. The molecule has 0 aliphatic carbocycles. The number of morpholine rings is 1. The lowest BCUT2D eigenvalue weighted by Crippen LogP contribution is -2.53. The molecule has 1 aromatic carbocycles. The summed E-state index contributed by atoms with van der Waals surface area (Å²) < 4.78 is 16.1. The van der Waals surface area contributed by atoms with Crippen molar-refractivity contribution in [3.05, 3.63) is 24.1 Å². The summed E-state index contributed by atoms with van der Waals surface area (Å²) in [6, 6.07) is 3.85. The van der Waals surface area contributed by atoms with Crippen LogP contribution in [0.25, 0.3) is 22.5 Å². The van der Waals surface area contributed by atoms with Gasteiger partial charge >= 0.3 is 0 Å². The van der Waals surface area contributed by atoms with Crippen molar-refractivity contribution in [2.75, 3.05) is 50.8 Å². The number of aromatic nitrogens is 3. The van der Waals surface area contributed by atoms with Crippen LogP contribution >= 0.6 is 0 Å². The fourth-order valence-corrected chi connectivity index (χ4v) is 3.88. The molecule has 148 valence electrons. The maximum Gasteiger partial charge on any atom is 0.226 e. The second-order valence-corrected chi connectivity index (χ2v) is 7.56. The highest BCUT2D eigenvalue weighted by atomic mass is 16.6. The average molecular weight is 385 g/mol. The molecule has 28 heavy (non-hydrogen) atoms. The lowest BCUT2D eigenvalue weighted by atomic mass is 9.97. The van der Waals surface area contributed by atoms with Gasteiger partial charge in [0.1, 0.15) is 11.6 Å². The first kappa shape index (κ1) is 17.6. The molecule has 2 aliphatic heterocycles. The summed E-state index contributed by atoms with van der Waals surface area (Å²) in [6.45, 7) is 8.36. The Morgan fingerprint density at radius 1 is 1.21 bits per heavy atom. The summed E-state index contributed by atoms with van der Waals surface area (Å²) in [5.74, 6) is 1.51. The number of ether oxygens (including phenoxy) is 1. The van der Waals surface area contributed by atoms with E-state index in [2.05, 4.69) is 25.1 Å². The van der Waals surface area contributed by atoms with Gasteiger partial charge in [-0.05, 0) is 29.4 Å². The largest absolute Gasteiger partial charge is 0.438 e. The van der Waals surface area contributed by atoms with Crippen molar-refractivity contribution >= 4 is 16.7 Å². The van der Waals surface area contributed by atoms with E-state index in [1.54, 1.807) is 13.1 Å². The number of rotatable bonds is 5. The number of oxazole rings is 1. The van der Waals surface area contributed by atoms with Crippen LogP contribution in [0.2, 0.25) is 0 Å². The van der Waals surface area contributed by atoms with Crippen LogP contribution < -0.4 is 4.90 Å². The first-order valence-electron chi connectivity index (χ1n) is 9.63. The number of aliphatic hydroxyl groups excluding tert-OH is 1. The lowest BCUT2D eigenvalue weighted by Gasteiger charge is -2.43. The van der Waals surface area contributed by atoms with Gasteiger partial charge in [0.25, 0.3) is 0 Å². The predicted molar refractivity (Wildman–Crippen MR) is 101 cm³/mol. The number of benzene rings is 1. The minimum Gasteiger partial charge on any atom is -0.438 e. The molecule has 9 heteroatoms. The quantitative estimate of drug-likeness (QED) is 0.703. The molecular formula is C19H23N5O4. The Morgan fingerprint density at radius 3 is 2.79 bits per heavy atom. The molecule has 0 spiro atoms. The molecule has 0 saturated carbocycles. The maximum absolute atomic E-state index is 9.69. The van der Waals surface area contributed by atoms with Crippen LogP contribution in [0.3, 0.4) is 0 Å². The van der Waals surface area contributed by atoms with E-state index < -0.39 is 6.10 Å². The van der Waals surface area contributed by atoms with Crippen LogP contribution in [0.15, 0.2) is 27.4 Å². The summed E-state index contributed by atoms with van der Waals surface area (Å²) in [5, 5.41) is 17.8. The minimum absolute atomic E-state index is 0.435. The standard InChI is InChI=1S/C19H23N5O4/c1-12(25)17-8-20-19(27-17)14-6-15-18(22-28-21-15)16(7-14)24-10-13(11-24)9-23-2-4-26-5-3-23/h6-8,12-13,25H,2-5,9-11H2,1H3. The van der Waals surface area contributed by atoms with Crippen molar-refractivity contribution in [1.29, 1.82) is 0 Å². The molecule has 1 N–H and O–H groups in total. The third-order valence-corrected chi connectivity index (χ3v) is 5.44. The molecular weight excluding hydrogens is 362 g/mol. The van der Waals surface area contributed by atoms with Crippen LogP contribution in [0.5, 0.6) is 0 Å². The van der Waals surface area contributed by atoms with Gasteiger partial charge in [-0.15, -0.1) is 0 Å². The van der Waals surface area contributed by atoms with Crippen LogP contribution in [0, 0.1) is 5.92 Å². The number of hydrogen-bond acceptors (Lipinski definition) is 9. The highest BCUT2D eigenvalue weighted by Gasteiger charge is 2.31. The van der Waals surface area contributed by atoms with Gasteiger partial charge in [-0.3, -0.25) is 4.90 Å². The zero-order chi connectivity index (χ0) is 19.1. The van der Waals surface area contributed by atoms with Crippen LogP contribution in [0.1, 0.15) is 18.8 Å². The topological polar surface area (TPSA) is 101 Å². The van der Waals surface area contributed by atoms with Gasteiger partial charge in [-0.2, -0.15) is 0 Å². The van der Waals surface area contributed by atoms with E-state index in [9.17, 15) is 5.11 Å². The monoisotopic (exact) mass is 385 g/mol. The fraction of sp³-hybridized carbons (Fsp3) is 0.526. The van der Waals surface area contributed by atoms with Gasteiger partial charge in [0, 0.05) is 44.2 Å². The Morgan fingerprint density at radius 2 is 2.04 bits per heavy atom. The molecule has 1 atom stereocenters. The summed E-state index contributed by atoms with van der Waals surface area (Å²) in [5.41, 5.74) is 3.18. The van der Waals surface area contributed by atoms with E-state index in [1.807, 2.05) is 12.1 Å². The first-order valence-corrected chi connectivity index (χ1v) is 9.63. The summed E-state index contributed by atoms with van der Waals surface area (Å²) in [7, 11) is 0. The van der Waals surface area contributed by atoms with Gasteiger partial charge in [0.05, 0.1) is 25.1 Å². The zero-order valence-electron chi connectivity index (χ0n) is 15.7. The minimum atomic E-state index is -0.700. The SMILES string of the molecule is CC(O)c1cnc(-c2cc(N3CC(CN4CCOCC4)C3)c3nonc3c2)o1. The molecule has 2 aliphatic rings. The second kappa shape index (κ2) is 7.16. The van der Waals surface area contributed by atoms with Crippen molar-refractivity contribution < 1.29 is 18.9 Å². The third kappa shape index (κ3) is 3.25. The number of aliphatic hydroxyl groups is 1. The fourth-order valence-electron chi connectivity index (χ4n) is 3.88. The smallest absolute Gasteiger partial charge is 0.226 e. The molecule has 5 rings (SSSR count). The number of nitrogens with zero attached hydrogens (tertiary/aromatic N) is 5. The van der Waals surface area contributed by atoms with Gasteiger partial charge in [0.2, 0.25) is 5.89 Å². The van der Waals surface area contributed by atoms with Crippen LogP contribution in [-0.4, -0.2) is 71.2 Å². The summed E-state index contributed by atoms with van der Waals surface area (Å²) >= 11 is 0. The summed E-state index contributed by atoms with van der Waals surface area (Å²) in [4.78, 5) is 9.06. The zero-order valence-corrected chi connectivity index (χ0v) is 15.7. The molecule has 0 radical (unpaired) electrons. The van der Waals surface area contributed by atoms with E-state index in [-0.39, 0.29) is 0 Å². The molecule has 2 saturated heterocycles. The van der Waals surface area contributed by atoms with Crippen molar-refractivity contribution in [1.82, 2.24) is 20.2 Å². The van der Waals surface area contributed by atoms with Crippen molar-refractivity contribution in [3.63, 3.8) is 0 Å². The van der Waals surface area contributed by atoms with Crippen molar-refractivity contribution in [2.24, 2.45) is 5.92 Å². The predicted octanol–water partition coefficient (Wildman–Crippen LogP) is 1.70. The second-order valence-electron chi connectivity index (χ2n) is 7.56. The van der Waals surface area contributed by atoms with Gasteiger partial charge < -0.3 is 19.2 Å². The van der Waals surface area contributed by atoms with E-state index in [0.717, 1.165) is 62.7 Å². The average Bonchev–Trinajstić information content (AvgIpc) is 3.34. The van der Waals surface area contributed by atoms with Crippen molar-refractivity contribution in [2.45, 2.75) is 13.0 Å². The molecule has 4 heterocycles. The Kier molecular flexibility index (Phi) is 4.50. The Bertz CT molecular complexity index is 956. The number of hydrogen-bond donors (Lipinski definition) is 1. The molecule has 0 amide bonds. The Labute approximate surface area is 161 Å². The van der Waals surface area contributed by atoms with Crippen molar-refractivity contribution in [3.8, 4) is 11.5 Å². The molecule has 2 fully saturated rings. The Balaban J connectivity index is 1.36. The maximum atomic E-state index is 9.69. The normalized spacial score (nSPS) is 19.9. The van der Waals surface area contributed by atoms with E-state index in [4.69, 9.17) is 13.8 Å². The third-order valence-electron chi connectivity index (χ3n) is 5.44. The molecule has 2 aromatic heterocycles. The van der Waals surface area contributed by atoms with Crippen LogP contribution in [0.4, 0.5) is 5.69 Å². The van der Waals surface area contributed by atoms with E-state index in [0.29, 0.717) is 23.1 Å². The lowest BCUT2D eigenvalue weighted by molar-refractivity contribution is 0.0286. The van der Waals surface area contributed by atoms with Gasteiger partial charge in [-0.1, -0.05) is 0 Å². The highest BCUT2D eigenvalue weighted by Crippen LogP contribution is 2.35. The van der Waals surface area contributed by atoms with E-state index >= 15 is 0 Å². The first-order chi connectivity index (χ1) is 13.7. The molecule has 9 nitrogen and oxygen atoms in total. The van der Waals surface area contributed by atoms with Gasteiger partial charge in [0.15, 0.2) is 11.3 Å². The number of anilines is 1.